The molecular weight excluding hydrogens is 366 g/mol. The second-order valence-electron chi connectivity index (χ2n) is 4.83. The van der Waals surface area contributed by atoms with Gasteiger partial charge in [-0.2, -0.15) is 5.10 Å². The Morgan fingerprint density at radius 1 is 1.14 bits per heavy atom. The highest BCUT2D eigenvalue weighted by atomic mass is 79.9. The van der Waals surface area contributed by atoms with E-state index in [1.54, 1.807) is 29.2 Å². The fraction of sp³-hybridized carbons (Fsp3) is 0.133. The molecule has 0 atom stereocenters. The number of sulfonamides is 1. The van der Waals surface area contributed by atoms with E-state index in [9.17, 15) is 8.42 Å². The Kier molecular flexibility index (Phi) is 4.28. The molecule has 2 aromatic carbocycles. The summed E-state index contributed by atoms with van der Waals surface area (Å²) >= 11 is 3.30. The summed E-state index contributed by atoms with van der Waals surface area (Å²) < 4.78 is 29.8. The quantitative estimate of drug-likeness (QED) is 0.741. The average Bonchev–Trinajstić information content (AvgIpc) is 2.92. The molecule has 0 aliphatic heterocycles. The van der Waals surface area contributed by atoms with Crippen molar-refractivity contribution in [2.75, 3.05) is 6.54 Å². The van der Waals surface area contributed by atoms with Crippen LogP contribution in [0.2, 0.25) is 0 Å². The summed E-state index contributed by atoms with van der Waals surface area (Å²) in [5.74, 6) is 0. The van der Waals surface area contributed by atoms with Crippen molar-refractivity contribution < 1.29 is 8.42 Å². The van der Waals surface area contributed by atoms with E-state index < -0.39 is 10.0 Å². The molecule has 3 rings (SSSR count). The maximum absolute atomic E-state index is 12.3. The van der Waals surface area contributed by atoms with Crippen LogP contribution in [0.5, 0.6) is 0 Å². The second-order valence-corrected chi connectivity index (χ2v) is 7.51. The average molecular weight is 380 g/mol. The van der Waals surface area contributed by atoms with Crippen molar-refractivity contribution >= 4 is 36.7 Å². The summed E-state index contributed by atoms with van der Waals surface area (Å²) in [5, 5.41) is 6.00. The largest absolute Gasteiger partial charge is 0.270 e. The highest BCUT2D eigenvalue weighted by Crippen LogP contribution is 2.18. The fourth-order valence-electron chi connectivity index (χ4n) is 2.17. The van der Waals surface area contributed by atoms with Gasteiger partial charge in [0.25, 0.3) is 0 Å². The first-order valence-corrected chi connectivity index (χ1v) is 8.99. The number of halogens is 1. The summed E-state index contributed by atoms with van der Waals surface area (Å²) in [7, 11) is -3.52. The molecule has 7 heteroatoms. The highest BCUT2D eigenvalue weighted by Gasteiger charge is 2.13. The number of hydrogen-bond donors (Lipinski definition) is 1. The summed E-state index contributed by atoms with van der Waals surface area (Å²) in [4.78, 5) is 0.271. The van der Waals surface area contributed by atoms with Crippen LogP contribution in [0.15, 0.2) is 64.2 Å². The SMILES string of the molecule is O=S(=O)(NCCn1cc(Br)cn1)c1ccc2ccccc2c1. The van der Waals surface area contributed by atoms with E-state index in [4.69, 9.17) is 0 Å². The minimum Gasteiger partial charge on any atom is -0.270 e. The van der Waals surface area contributed by atoms with E-state index in [0.29, 0.717) is 6.54 Å². The Hall–Kier alpha value is -1.70. The maximum atomic E-state index is 12.3. The van der Waals surface area contributed by atoms with E-state index in [-0.39, 0.29) is 11.4 Å². The van der Waals surface area contributed by atoms with Crippen molar-refractivity contribution in [3.8, 4) is 0 Å². The number of aromatic nitrogens is 2. The molecule has 5 nitrogen and oxygen atoms in total. The van der Waals surface area contributed by atoms with Crippen molar-refractivity contribution in [1.29, 1.82) is 0 Å². The number of nitrogens with one attached hydrogen (secondary N) is 1. The fourth-order valence-corrected chi connectivity index (χ4v) is 3.56. The lowest BCUT2D eigenvalue weighted by Crippen LogP contribution is -2.27. The Labute approximate surface area is 137 Å². The van der Waals surface area contributed by atoms with Gasteiger partial charge in [0.2, 0.25) is 10.0 Å². The van der Waals surface area contributed by atoms with Crippen LogP contribution in [0.4, 0.5) is 0 Å². The van der Waals surface area contributed by atoms with Crippen LogP contribution in [0.25, 0.3) is 10.8 Å². The molecule has 0 unspecified atom stereocenters. The summed E-state index contributed by atoms with van der Waals surface area (Å²) in [6.07, 6.45) is 3.46. The van der Waals surface area contributed by atoms with Gasteiger partial charge in [-0.3, -0.25) is 4.68 Å². The predicted molar refractivity (Wildman–Crippen MR) is 89.1 cm³/mol. The molecular formula is C15H14BrN3O2S. The van der Waals surface area contributed by atoms with Crippen LogP contribution in [-0.2, 0) is 16.6 Å². The first-order chi connectivity index (χ1) is 10.5. The number of benzene rings is 2. The topological polar surface area (TPSA) is 64.0 Å². The monoisotopic (exact) mass is 379 g/mol. The number of hydrogen-bond acceptors (Lipinski definition) is 3. The van der Waals surface area contributed by atoms with Crippen LogP contribution >= 0.6 is 15.9 Å². The van der Waals surface area contributed by atoms with Gasteiger partial charge < -0.3 is 0 Å². The zero-order valence-electron chi connectivity index (χ0n) is 11.6. The van der Waals surface area contributed by atoms with Crippen LogP contribution in [0.1, 0.15) is 0 Å². The van der Waals surface area contributed by atoms with Gasteiger partial charge >= 0.3 is 0 Å². The second kappa shape index (κ2) is 6.20. The molecule has 0 spiro atoms. The summed E-state index contributed by atoms with van der Waals surface area (Å²) in [6.45, 7) is 0.752. The molecule has 1 N–H and O–H groups in total. The van der Waals surface area contributed by atoms with E-state index in [1.165, 1.54) is 0 Å². The van der Waals surface area contributed by atoms with Crippen molar-refractivity contribution in [2.24, 2.45) is 0 Å². The van der Waals surface area contributed by atoms with Crippen molar-refractivity contribution in [1.82, 2.24) is 14.5 Å². The van der Waals surface area contributed by atoms with Crippen LogP contribution in [0.3, 0.4) is 0 Å². The summed E-state index contributed by atoms with van der Waals surface area (Å²) in [6, 6.07) is 12.8. The van der Waals surface area contributed by atoms with Gasteiger partial charge in [0.05, 0.1) is 22.1 Å². The first-order valence-electron chi connectivity index (χ1n) is 6.71. The number of rotatable bonds is 5. The molecule has 0 radical (unpaired) electrons. The molecule has 22 heavy (non-hydrogen) atoms. The lowest BCUT2D eigenvalue weighted by molar-refractivity contribution is 0.561. The highest BCUT2D eigenvalue weighted by molar-refractivity contribution is 9.10. The molecule has 114 valence electrons. The van der Waals surface area contributed by atoms with E-state index in [1.807, 2.05) is 30.3 Å². The third kappa shape index (κ3) is 3.37. The van der Waals surface area contributed by atoms with E-state index in [2.05, 4.69) is 25.8 Å². The van der Waals surface area contributed by atoms with Gasteiger partial charge in [-0.15, -0.1) is 0 Å². The Morgan fingerprint density at radius 3 is 2.64 bits per heavy atom. The standard InChI is InChI=1S/C15H14BrN3O2S/c16-14-10-17-19(11-14)8-7-18-22(20,21)15-6-5-12-3-1-2-4-13(12)9-15/h1-6,9-11,18H,7-8H2. The molecule has 3 aromatic rings. The maximum Gasteiger partial charge on any atom is 0.240 e. The third-order valence-corrected chi connectivity index (χ3v) is 5.13. The zero-order valence-corrected chi connectivity index (χ0v) is 14.0. The Bertz CT molecular complexity index is 906. The normalized spacial score (nSPS) is 11.9. The zero-order chi connectivity index (χ0) is 15.6. The van der Waals surface area contributed by atoms with E-state index >= 15 is 0 Å². The van der Waals surface area contributed by atoms with Gasteiger partial charge in [0.1, 0.15) is 0 Å². The molecule has 1 aromatic heterocycles. The molecule has 0 aliphatic rings. The van der Waals surface area contributed by atoms with Crippen LogP contribution in [-0.4, -0.2) is 24.7 Å². The smallest absolute Gasteiger partial charge is 0.240 e. The number of fused-ring (bicyclic) bond motifs is 1. The lowest BCUT2D eigenvalue weighted by atomic mass is 10.1. The Balaban J connectivity index is 1.73. The third-order valence-electron chi connectivity index (χ3n) is 3.27. The molecule has 0 saturated carbocycles. The van der Waals surface area contributed by atoms with Gasteiger partial charge in [-0.1, -0.05) is 30.3 Å². The van der Waals surface area contributed by atoms with Gasteiger partial charge in [-0.25, -0.2) is 13.1 Å². The molecule has 0 amide bonds. The van der Waals surface area contributed by atoms with E-state index in [0.717, 1.165) is 15.2 Å². The summed E-state index contributed by atoms with van der Waals surface area (Å²) in [5.41, 5.74) is 0. The Morgan fingerprint density at radius 2 is 1.91 bits per heavy atom. The van der Waals surface area contributed by atoms with Gasteiger partial charge in [0, 0.05) is 12.7 Å². The number of nitrogens with zero attached hydrogens (tertiary/aromatic N) is 2. The van der Waals surface area contributed by atoms with Gasteiger partial charge in [-0.05, 0) is 38.8 Å². The van der Waals surface area contributed by atoms with Crippen LogP contribution in [0, 0.1) is 0 Å². The lowest BCUT2D eigenvalue weighted by Gasteiger charge is -2.08. The minimum atomic E-state index is -3.52. The van der Waals surface area contributed by atoms with Crippen molar-refractivity contribution in [3.05, 3.63) is 59.3 Å². The molecule has 1 heterocycles. The first kappa shape index (κ1) is 15.2. The predicted octanol–water partition coefficient (Wildman–Crippen LogP) is 2.78. The van der Waals surface area contributed by atoms with Crippen LogP contribution < -0.4 is 4.72 Å². The molecule has 0 bridgehead atoms. The van der Waals surface area contributed by atoms with Crippen molar-refractivity contribution in [2.45, 2.75) is 11.4 Å². The van der Waals surface area contributed by atoms with Crippen molar-refractivity contribution in [3.63, 3.8) is 0 Å². The molecule has 0 fully saturated rings. The van der Waals surface area contributed by atoms with Gasteiger partial charge in [0.15, 0.2) is 0 Å². The molecule has 0 aliphatic carbocycles. The minimum absolute atomic E-state index is 0.271. The molecule has 0 saturated heterocycles.